The number of ether oxygens (including phenoxy) is 1. The van der Waals surface area contributed by atoms with Crippen LogP contribution in [0.3, 0.4) is 0 Å². The number of hydrogen-bond acceptors (Lipinski definition) is 4. The van der Waals surface area contributed by atoms with Crippen molar-refractivity contribution in [1.82, 2.24) is 9.88 Å². The van der Waals surface area contributed by atoms with E-state index >= 15 is 0 Å². The fourth-order valence-corrected chi connectivity index (χ4v) is 2.86. The Hall–Kier alpha value is -3.08. The lowest BCUT2D eigenvalue weighted by Gasteiger charge is -2.21. The topological polar surface area (TPSA) is 55.6 Å². The van der Waals surface area contributed by atoms with Crippen molar-refractivity contribution >= 4 is 5.91 Å². The molecule has 5 heteroatoms. The molecule has 0 fully saturated rings. The van der Waals surface area contributed by atoms with Crippen molar-refractivity contribution in [2.45, 2.75) is 26.3 Å². The van der Waals surface area contributed by atoms with Crippen LogP contribution in [0, 0.1) is 0 Å². The smallest absolute Gasteiger partial charge is 0.223 e. The van der Waals surface area contributed by atoms with Crippen molar-refractivity contribution in [3.05, 3.63) is 72.2 Å². The van der Waals surface area contributed by atoms with Gasteiger partial charge in [-0.3, -0.25) is 4.79 Å². The van der Waals surface area contributed by atoms with E-state index in [4.69, 9.17) is 9.15 Å². The number of hydrogen-bond donors (Lipinski definition) is 0. The third kappa shape index (κ3) is 4.97. The number of nitrogens with zero attached hydrogens (tertiary/aromatic N) is 2. The van der Waals surface area contributed by atoms with Gasteiger partial charge in [-0.25, -0.2) is 4.98 Å². The van der Waals surface area contributed by atoms with E-state index in [-0.39, 0.29) is 5.91 Å². The van der Waals surface area contributed by atoms with Gasteiger partial charge in [-0.2, -0.15) is 0 Å². The minimum atomic E-state index is 0.0905. The maximum atomic E-state index is 12.6. The van der Waals surface area contributed by atoms with Gasteiger partial charge in [0.25, 0.3) is 0 Å². The Morgan fingerprint density at radius 1 is 1.11 bits per heavy atom. The van der Waals surface area contributed by atoms with Gasteiger partial charge < -0.3 is 14.1 Å². The predicted molar refractivity (Wildman–Crippen MR) is 104 cm³/mol. The van der Waals surface area contributed by atoms with Crippen LogP contribution in [0.4, 0.5) is 0 Å². The van der Waals surface area contributed by atoms with Gasteiger partial charge in [-0.1, -0.05) is 42.5 Å². The molecular weight excluding hydrogens is 340 g/mol. The average Bonchev–Trinajstić information content (AvgIpc) is 3.20. The molecular formula is C22H24N2O3. The molecule has 1 heterocycles. The second-order valence-electron chi connectivity index (χ2n) is 6.24. The summed E-state index contributed by atoms with van der Waals surface area (Å²) >= 11 is 0. The van der Waals surface area contributed by atoms with Crippen LogP contribution < -0.4 is 4.74 Å². The highest BCUT2D eigenvalue weighted by Crippen LogP contribution is 2.20. The van der Waals surface area contributed by atoms with Crippen LogP contribution in [0.15, 0.2) is 65.2 Å². The van der Waals surface area contributed by atoms with Crippen LogP contribution in [-0.4, -0.2) is 29.4 Å². The third-order valence-electron chi connectivity index (χ3n) is 4.43. The summed E-state index contributed by atoms with van der Waals surface area (Å²) in [4.78, 5) is 18.7. The monoisotopic (exact) mass is 364 g/mol. The average molecular weight is 364 g/mol. The quantitative estimate of drug-likeness (QED) is 0.597. The van der Waals surface area contributed by atoms with Gasteiger partial charge in [0.2, 0.25) is 5.91 Å². The Kier molecular flexibility index (Phi) is 6.26. The summed E-state index contributed by atoms with van der Waals surface area (Å²) in [5.41, 5.74) is 2.06. The number of aryl methyl sites for hydroxylation is 1. The Morgan fingerprint density at radius 3 is 2.52 bits per heavy atom. The van der Waals surface area contributed by atoms with E-state index in [0.717, 1.165) is 22.6 Å². The fourth-order valence-electron chi connectivity index (χ4n) is 2.86. The Bertz CT molecular complexity index is 857. The molecule has 27 heavy (non-hydrogen) atoms. The molecule has 0 aliphatic rings. The molecule has 1 aromatic heterocycles. The van der Waals surface area contributed by atoms with Gasteiger partial charge in [0.05, 0.1) is 13.3 Å². The van der Waals surface area contributed by atoms with Crippen LogP contribution >= 0.6 is 0 Å². The maximum Gasteiger partial charge on any atom is 0.223 e. The van der Waals surface area contributed by atoms with Crippen LogP contribution in [0.5, 0.6) is 5.75 Å². The van der Waals surface area contributed by atoms with Gasteiger partial charge >= 0.3 is 0 Å². The first kappa shape index (κ1) is 18.7. The normalized spacial score (nSPS) is 10.6. The molecule has 0 saturated carbocycles. The number of benzene rings is 2. The molecule has 0 N–H and O–H groups in total. The number of carbonyl (C=O) groups is 1. The van der Waals surface area contributed by atoms with Gasteiger partial charge in [-0.05, 0) is 24.6 Å². The van der Waals surface area contributed by atoms with Crippen LogP contribution in [0.25, 0.3) is 11.3 Å². The summed E-state index contributed by atoms with van der Waals surface area (Å²) in [5, 5.41) is 0. The third-order valence-corrected chi connectivity index (χ3v) is 4.43. The highest BCUT2D eigenvalue weighted by molar-refractivity contribution is 5.76. The lowest BCUT2D eigenvalue weighted by molar-refractivity contribution is -0.131. The summed E-state index contributed by atoms with van der Waals surface area (Å²) < 4.78 is 11.0. The second kappa shape index (κ2) is 9.03. The SMILES string of the molecule is CCN(Cc1ccc(OC)cc1)C(=O)CCc1ncc(-c2ccccc2)o1. The molecule has 0 atom stereocenters. The summed E-state index contributed by atoms with van der Waals surface area (Å²) in [7, 11) is 1.64. The zero-order chi connectivity index (χ0) is 19.1. The van der Waals surface area contributed by atoms with Crippen molar-refractivity contribution in [2.24, 2.45) is 0 Å². The Labute approximate surface area is 159 Å². The predicted octanol–water partition coefficient (Wildman–Crippen LogP) is 4.33. The molecule has 0 radical (unpaired) electrons. The number of oxazole rings is 1. The van der Waals surface area contributed by atoms with E-state index in [9.17, 15) is 4.79 Å². The number of rotatable bonds is 8. The van der Waals surface area contributed by atoms with E-state index in [2.05, 4.69) is 4.98 Å². The van der Waals surface area contributed by atoms with E-state index < -0.39 is 0 Å². The molecule has 0 unspecified atom stereocenters. The number of aromatic nitrogens is 1. The van der Waals surface area contributed by atoms with Crippen LogP contribution in [-0.2, 0) is 17.8 Å². The van der Waals surface area contributed by atoms with E-state index in [0.29, 0.717) is 31.8 Å². The summed E-state index contributed by atoms with van der Waals surface area (Å²) in [5.74, 6) is 2.21. The first-order valence-electron chi connectivity index (χ1n) is 9.10. The first-order valence-corrected chi connectivity index (χ1v) is 9.10. The Balaban J connectivity index is 1.56. The van der Waals surface area contributed by atoms with Gasteiger partial charge in [-0.15, -0.1) is 0 Å². The minimum absolute atomic E-state index is 0.0905. The molecule has 3 rings (SSSR count). The standard InChI is InChI=1S/C22H24N2O3/c1-3-24(16-17-9-11-19(26-2)12-10-17)22(25)14-13-21-23-15-20(27-21)18-7-5-4-6-8-18/h4-12,15H,3,13-14,16H2,1-2H3. The van der Waals surface area contributed by atoms with Crippen LogP contribution in [0.1, 0.15) is 24.8 Å². The molecule has 0 aliphatic heterocycles. The largest absolute Gasteiger partial charge is 0.497 e. The van der Waals surface area contributed by atoms with E-state index in [1.807, 2.05) is 66.4 Å². The zero-order valence-electron chi connectivity index (χ0n) is 15.7. The molecule has 140 valence electrons. The van der Waals surface area contributed by atoms with Gasteiger partial charge in [0, 0.05) is 31.5 Å². The molecule has 2 aromatic carbocycles. The number of methoxy groups -OCH3 is 1. The van der Waals surface area contributed by atoms with Crippen molar-refractivity contribution in [3.63, 3.8) is 0 Å². The minimum Gasteiger partial charge on any atom is -0.497 e. The fraction of sp³-hybridized carbons (Fsp3) is 0.273. The molecule has 1 amide bonds. The molecule has 0 saturated heterocycles. The van der Waals surface area contributed by atoms with Crippen LogP contribution in [0.2, 0.25) is 0 Å². The molecule has 0 bridgehead atoms. The highest BCUT2D eigenvalue weighted by atomic mass is 16.5. The summed E-state index contributed by atoms with van der Waals surface area (Å²) in [6.07, 6.45) is 2.58. The maximum absolute atomic E-state index is 12.6. The van der Waals surface area contributed by atoms with Crippen molar-refractivity contribution < 1.29 is 13.9 Å². The van der Waals surface area contributed by atoms with Gasteiger partial charge in [0.1, 0.15) is 5.75 Å². The van der Waals surface area contributed by atoms with Crippen molar-refractivity contribution in [1.29, 1.82) is 0 Å². The second-order valence-corrected chi connectivity index (χ2v) is 6.24. The van der Waals surface area contributed by atoms with Crippen molar-refractivity contribution in [2.75, 3.05) is 13.7 Å². The zero-order valence-corrected chi connectivity index (χ0v) is 15.7. The number of amides is 1. The summed E-state index contributed by atoms with van der Waals surface area (Å²) in [6, 6.07) is 17.6. The molecule has 5 nitrogen and oxygen atoms in total. The van der Waals surface area contributed by atoms with E-state index in [1.54, 1.807) is 13.3 Å². The van der Waals surface area contributed by atoms with Gasteiger partial charge in [0.15, 0.2) is 11.7 Å². The molecule has 0 aliphatic carbocycles. The lowest BCUT2D eigenvalue weighted by Crippen LogP contribution is -2.30. The Morgan fingerprint density at radius 2 is 1.85 bits per heavy atom. The highest BCUT2D eigenvalue weighted by Gasteiger charge is 2.14. The first-order chi connectivity index (χ1) is 13.2. The lowest BCUT2D eigenvalue weighted by atomic mass is 10.2. The number of carbonyl (C=O) groups excluding carboxylic acids is 1. The van der Waals surface area contributed by atoms with Crippen molar-refractivity contribution in [3.8, 4) is 17.1 Å². The molecule has 3 aromatic rings. The summed E-state index contributed by atoms with van der Waals surface area (Å²) in [6.45, 7) is 3.23. The molecule has 0 spiro atoms. The van der Waals surface area contributed by atoms with E-state index in [1.165, 1.54) is 0 Å².